The summed E-state index contributed by atoms with van der Waals surface area (Å²) in [5, 5.41) is 0. The van der Waals surface area contributed by atoms with Crippen molar-refractivity contribution in [2.75, 3.05) is 32.8 Å². The normalized spacial score (nSPS) is 17.7. The van der Waals surface area contributed by atoms with Crippen molar-refractivity contribution in [2.45, 2.75) is 44.2 Å². The zero-order valence-corrected chi connectivity index (χ0v) is 26.0. The zero-order valence-electron chi connectivity index (χ0n) is 23.6. The van der Waals surface area contributed by atoms with Gasteiger partial charge in [0.2, 0.25) is 0 Å². The van der Waals surface area contributed by atoms with Crippen LogP contribution in [0.15, 0.2) is 70.2 Å². The molecule has 0 radical (unpaired) electrons. The van der Waals surface area contributed by atoms with E-state index in [1.54, 1.807) is 35.4 Å². The molecular weight excluding hydrogens is 606 g/mol. The van der Waals surface area contributed by atoms with E-state index < -0.39 is 15.7 Å². The molecule has 2 aliphatic rings. The van der Waals surface area contributed by atoms with E-state index in [1.807, 2.05) is 58.0 Å². The standard InChI is InChI=1S/C31H34BrN3O5S/c1-21-9-11-25(12-10-21)41(37,38)39-20-23-17-22-7-5-6-8-26(22)29(28-27(23)18-24(32)19-33-28)34-13-15-35(16-14-34)30(36)40-31(2,3)4/h5-12,17-19,29H,13-16,20H2,1-4H3. The highest BCUT2D eigenvalue weighted by molar-refractivity contribution is 9.10. The smallest absolute Gasteiger partial charge is 0.410 e. The number of aryl methyl sites for hydroxylation is 1. The zero-order chi connectivity index (χ0) is 29.4. The molecule has 10 heteroatoms. The minimum absolute atomic E-state index is 0.117. The van der Waals surface area contributed by atoms with Gasteiger partial charge in [-0.15, -0.1) is 0 Å². The average molecular weight is 641 g/mol. The third-order valence-electron chi connectivity index (χ3n) is 7.12. The fourth-order valence-electron chi connectivity index (χ4n) is 5.12. The molecule has 0 saturated carbocycles. The Bertz CT molecular complexity index is 1570. The van der Waals surface area contributed by atoms with E-state index in [-0.39, 0.29) is 23.6 Å². The van der Waals surface area contributed by atoms with Crippen LogP contribution in [0.3, 0.4) is 0 Å². The Hall–Kier alpha value is -3.05. The van der Waals surface area contributed by atoms with Gasteiger partial charge in [0.1, 0.15) is 5.60 Å². The minimum atomic E-state index is -3.97. The first-order valence-corrected chi connectivity index (χ1v) is 15.7. The highest BCUT2D eigenvalue weighted by Crippen LogP contribution is 2.40. The number of carbonyl (C=O) groups is 1. The molecule has 1 unspecified atom stereocenters. The van der Waals surface area contributed by atoms with Crippen molar-refractivity contribution >= 4 is 43.8 Å². The Balaban J connectivity index is 1.46. The second-order valence-corrected chi connectivity index (χ2v) is 13.9. The number of pyridine rings is 1. The second kappa shape index (κ2) is 11.7. The number of piperazine rings is 1. The van der Waals surface area contributed by atoms with E-state index in [9.17, 15) is 13.2 Å². The van der Waals surface area contributed by atoms with Crippen LogP contribution in [0.2, 0.25) is 0 Å². The van der Waals surface area contributed by atoms with Crippen LogP contribution in [0, 0.1) is 6.92 Å². The molecule has 1 aromatic heterocycles. The predicted molar refractivity (Wildman–Crippen MR) is 162 cm³/mol. The molecule has 1 amide bonds. The largest absolute Gasteiger partial charge is 0.444 e. The molecule has 1 aliphatic carbocycles. The van der Waals surface area contributed by atoms with Crippen molar-refractivity contribution in [3.8, 4) is 0 Å². The summed E-state index contributed by atoms with van der Waals surface area (Å²) < 4.78 is 38.1. The molecule has 1 saturated heterocycles. The van der Waals surface area contributed by atoms with Crippen molar-refractivity contribution in [1.82, 2.24) is 14.8 Å². The number of hydrogen-bond donors (Lipinski definition) is 0. The third kappa shape index (κ3) is 6.72. The number of amides is 1. The molecule has 2 aromatic carbocycles. The predicted octanol–water partition coefficient (Wildman–Crippen LogP) is 6.05. The maximum Gasteiger partial charge on any atom is 0.410 e. The molecule has 1 fully saturated rings. The SMILES string of the molecule is Cc1ccc(S(=O)(=O)OCC2=Cc3ccccc3C(N3CCN(C(=O)OC(C)(C)C)CC3)c3ncc(Br)cc32)cc1. The van der Waals surface area contributed by atoms with E-state index in [0.29, 0.717) is 31.8 Å². The number of ether oxygens (including phenoxy) is 1. The highest BCUT2D eigenvalue weighted by atomic mass is 79.9. The van der Waals surface area contributed by atoms with Crippen LogP contribution in [0.25, 0.3) is 11.6 Å². The van der Waals surface area contributed by atoms with Crippen LogP contribution in [-0.2, 0) is 19.0 Å². The summed E-state index contributed by atoms with van der Waals surface area (Å²) in [6, 6.07) is 16.4. The van der Waals surface area contributed by atoms with Gasteiger partial charge in [-0.3, -0.25) is 14.1 Å². The topological polar surface area (TPSA) is 89.0 Å². The van der Waals surface area contributed by atoms with Gasteiger partial charge in [-0.1, -0.05) is 42.0 Å². The van der Waals surface area contributed by atoms with Crippen LogP contribution in [-0.4, -0.2) is 67.7 Å². The van der Waals surface area contributed by atoms with E-state index in [0.717, 1.165) is 32.4 Å². The molecule has 1 aliphatic heterocycles. The van der Waals surface area contributed by atoms with Gasteiger partial charge in [0.25, 0.3) is 10.1 Å². The lowest BCUT2D eigenvalue weighted by Crippen LogP contribution is -2.51. The Labute approximate surface area is 250 Å². The van der Waals surface area contributed by atoms with Gasteiger partial charge >= 0.3 is 6.09 Å². The third-order valence-corrected chi connectivity index (χ3v) is 8.83. The Morgan fingerprint density at radius 2 is 1.73 bits per heavy atom. The molecule has 1 atom stereocenters. The summed E-state index contributed by atoms with van der Waals surface area (Å²) in [7, 11) is -3.97. The lowest BCUT2D eigenvalue weighted by molar-refractivity contribution is 0.0118. The lowest BCUT2D eigenvalue weighted by atomic mass is 9.95. The number of hydrogen-bond acceptors (Lipinski definition) is 7. The first-order chi connectivity index (χ1) is 19.4. The van der Waals surface area contributed by atoms with Crippen LogP contribution < -0.4 is 0 Å². The number of rotatable bonds is 5. The van der Waals surface area contributed by atoms with Gasteiger partial charge in [0.15, 0.2) is 0 Å². The Morgan fingerprint density at radius 3 is 2.41 bits per heavy atom. The van der Waals surface area contributed by atoms with Crippen molar-refractivity contribution in [3.05, 3.63) is 93.2 Å². The van der Waals surface area contributed by atoms with Crippen LogP contribution in [0.5, 0.6) is 0 Å². The molecule has 3 aromatic rings. The van der Waals surface area contributed by atoms with Gasteiger partial charge < -0.3 is 9.64 Å². The summed E-state index contributed by atoms with van der Waals surface area (Å²) in [6.07, 6.45) is 3.44. The first-order valence-electron chi connectivity index (χ1n) is 13.5. The monoisotopic (exact) mass is 639 g/mol. The van der Waals surface area contributed by atoms with Gasteiger partial charge in [-0.25, -0.2) is 4.79 Å². The number of carbonyl (C=O) groups excluding carboxylic acids is 1. The summed E-state index contributed by atoms with van der Waals surface area (Å²) in [4.78, 5) is 21.7. The van der Waals surface area contributed by atoms with E-state index in [2.05, 4.69) is 26.9 Å². The molecule has 216 valence electrons. The van der Waals surface area contributed by atoms with Crippen molar-refractivity contribution in [3.63, 3.8) is 0 Å². The minimum Gasteiger partial charge on any atom is -0.444 e. The van der Waals surface area contributed by atoms with E-state index >= 15 is 0 Å². The van der Waals surface area contributed by atoms with Crippen LogP contribution in [0.4, 0.5) is 4.79 Å². The molecule has 0 bridgehead atoms. The number of fused-ring (bicyclic) bond motifs is 2. The fraction of sp³-hybridized carbons (Fsp3) is 0.355. The summed E-state index contributed by atoms with van der Waals surface area (Å²) in [5.41, 5.74) is 4.78. The molecule has 0 spiro atoms. The number of aromatic nitrogens is 1. The molecule has 0 N–H and O–H groups in total. The van der Waals surface area contributed by atoms with Crippen molar-refractivity contribution in [2.24, 2.45) is 0 Å². The quantitative estimate of drug-likeness (QED) is 0.314. The number of benzene rings is 2. The van der Waals surface area contributed by atoms with E-state index in [1.165, 1.54) is 0 Å². The Morgan fingerprint density at radius 1 is 1.05 bits per heavy atom. The number of halogens is 1. The molecule has 41 heavy (non-hydrogen) atoms. The van der Waals surface area contributed by atoms with Crippen LogP contribution in [0.1, 0.15) is 54.8 Å². The van der Waals surface area contributed by atoms with E-state index in [4.69, 9.17) is 13.9 Å². The second-order valence-electron chi connectivity index (χ2n) is 11.3. The van der Waals surface area contributed by atoms with Crippen LogP contribution >= 0.6 is 15.9 Å². The fourth-order valence-corrected chi connectivity index (χ4v) is 6.34. The molecule has 8 nitrogen and oxygen atoms in total. The Kier molecular flexibility index (Phi) is 8.39. The average Bonchev–Trinajstić information content (AvgIpc) is 3.05. The molecule has 5 rings (SSSR count). The highest BCUT2D eigenvalue weighted by Gasteiger charge is 2.35. The number of nitrogens with zero attached hydrogens (tertiary/aromatic N) is 3. The van der Waals surface area contributed by atoms with Gasteiger partial charge in [-0.05, 0) is 84.6 Å². The molecular formula is C31H34BrN3O5S. The van der Waals surface area contributed by atoms with Gasteiger partial charge in [-0.2, -0.15) is 8.42 Å². The van der Waals surface area contributed by atoms with Gasteiger partial charge in [0.05, 0.1) is 23.2 Å². The first kappa shape index (κ1) is 29.4. The van der Waals surface area contributed by atoms with Crippen molar-refractivity contribution < 1.29 is 22.1 Å². The molecule has 2 heterocycles. The maximum absolute atomic E-state index is 13.1. The summed E-state index contributed by atoms with van der Waals surface area (Å²) >= 11 is 3.56. The lowest BCUT2D eigenvalue weighted by Gasteiger charge is -2.40. The maximum atomic E-state index is 13.1. The van der Waals surface area contributed by atoms with Gasteiger partial charge in [0, 0.05) is 42.4 Å². The summed E-state index contributed by atoms with van der Waals surface area (Å²) in [5.74, 6) is 0. The summed E-state index contributed by atoms with van der Waals surface area (Å²) in [6.45, 7) is 9.66. The van der Waals surface area contributed by atoms with Crippen molar-refractivity contribution in [1.29, 1.82) is 0 Å².